The fraction of sp³-hybridized carbons (Fsp3) is 0.603. The van der Waals surface area contributed by atoms with Gasteiger partial charge in [-0.25, -0.2) is 26.7 Å². The first-order valence-electron chi connectivity index (χ1n) is 27.3. The zero-order valence-electron chi connectivity index (χ0n) is 44.7. The third-order valence-electron chi connectivity index (χ3n) is 13.5. The molecule has 0 heterocycles. The minimum atomic E-state index is -2.40. The lowest BCUT2D eigenvalue weighted by Crippen LogP contribution is -2.59. The van der Waals surface area contributed by atoms with Gasteiger partial charge in [0, 0.05) is 37.9 Å². The molecule has 0 aliphatic rings. The van der Waals surface area contributed by atoms with Gasteiger partial charge in [-0.3, -0.25) is 19.2 Å². The number of ether oxygens (including phenoxy) is 4. The number of carboxylic acids is 3. The van der Waals surface area contributed by atoms with Crippen LogP contribution in [0.5, 0.6) is 0 Å². The molecule has 0 fully saturated rings. The Bertz CT molecular complexity index is 2160. The Labute approximate surface area is 450 Å². The van der Waals surface area contributed by atoms with E-state index >= 15 is 0 Å². The molecule has 0 bridgehead atoms. The van der Waals surface area contributed by atoms with Crippen molar-refractivity contribution in [3.8, 4) is 0 Å². The molecule has 0 spiro atoms. The van der Waals surface area contributed by atoms with Gasteiger partial charge in [0.2, 0.25) is 17.6 Å². The topological polar surface area (TPSA) is 198 Å². The van der Waals surface area contributed by atoms with Crippen LogP contribution in [0, 0.1) is 35.0 Å². The van der Waals surface area contributed by atoms with Crippen LogP contribution < -0.4 is 5.32 Å². The van der Waals surface area contributed by atoms with E-state index in [2.05, 4.69) is 12.2 Å². The Morgan fingerprint density at radius 1 is 0.558 bits per heavy atom. The molecule has 0 saturated heterocycles. The lowest BCUT2D eigenvalue weighted by Gasteiger charge is -2.41. The number of benzene rings is 3. The standard InChI is InChI=1S/C58H81F5N2O12/c1-2-3-4-5-6-7-10-13-22-32-65(48(67)28-21-12-9-8-11-20-27-45(55(68)69)40-43-23-16-14-17-24-43)58(57(72)73,41-44-25-18-15-19-26-44)30-29-47(66)64-31-33-74-34-35-75-36-37-76-38-39-77-42-46(56(70)71)49-50(59)52(61)54(63)53(62)51(49)60/h14-19,23-26,45-46H,2-13,20-22,27-42H2,1H3,(H,64,66)(H,68,69)(H,70,71)(H,72,73). The second kappa shape index (κ2) is 38.1. The Balaban J connectivity index is 1.47. The average Bonchev–Trinajstić information content (AvgIpc) is 3.43. The molecule has 19 heteroatoms. The summed E-state index contributed by atoms with van der Waals surface area (Å²) in [5, 5.41) is 33.1. The van der Waals surface area contributed by atoms with Crippen molar-refractivity contribution in [1.29, 1.82) is 0 Å². The zero-order valence-corrected chi connectivity index (χ0v) is 44.7. The summed E-state index contributed by atoms with van der Waals surface area (Å²) < 4.78 is 90.3. The summed E-state index contributed by atoms with van der Waals surface area (Å²) in [7, 11) is 0. The van der Waals surface area contributed by atoms with Crippen LogP contribution in [0.3, 0.4) is 0 Å². The van der Waals surface area contributed by atoms with E-state index in [9.17, 15) is 61.2 Å². The molecule has 0 aliphatic carbocycles. The van der Waals surface area contributed by atoms with Crippen LogP contribution in [-0.4, -0.2) is 121 Å². The molecular formula is C58H81F5N2O12. The normalized spacial score (nSPS) is 13.0. The minimum Gasteiger partial charge on any atom is -0.481 e. The van der Waals surface area contributed by atoms with Crippen molar-refractivity contribution in [3.05, 3.63) is 106 Å². The van der Waals surface area contributed by atoms with Crippen molar-refractivity contribution >= 4 is 29.7 Å². The summed E-state index contributed by atoms with van der Waals surface area (Å²) in [5.41, 5.74) is -1.47. The highest BCUT2D eigenvalue weighted by molar-refractivity contribution is 5.88. The third kappa shape index (κ3) is 24.4. The van der Waals surface area contributed by atoms with Crippen LogP contribution in [0.25, 0.3) is 0 Å². The molecular weight excluding hydrogens is 1010 g/mol. The molecule has 3 aromatic carbocycles. The number of nitrogens with zero attached hydrogens (tertiary/aromatic N) is 1. The van der Waals surface area contributed by atoms with Crippen molar-refractivity contribution in [2.75, 3.05) is 65.9 Å². The van der Waals surface area contributed by atoms with Crippen LogP contribution in [-0.2, 0) is 55.8 Å². The number of hydrogen-bond acceptors (Lipinski definition) is 9. The zero-order chi connectivity index (χ0) is 56.3. The molecule has 3 atom stereocenters. The molecule has 3 rings (SSSR count). The van der Waals surface area contributed by atoms with Gasteiger partial charge in [0.05, 0.1) is 58.8 Å². The van der Waals surface area contributed by atoms with Crippen LogP contribution >= 0.6 is 0 Å². The second-order valence-corrected chi connectivity index (χ2v) is 19.4. The summed E-state index contributed by atoms with van der Waals surface area (Å²) in [6.07, 6.45) is 15.2. The minimum absolute atomic E-state index is 0.0202. The van der Waals surface area contributed by atoms with E-state index < -0.39 is 82.4 Å². The van der Waals surface area contributed by atoms with Crippen molar-refractivity contribution in [3.63, 3.8) is 0 Å². The predicted molar refractivity (Wildman–Crippen MR) is 280 cm³/mol. The summed E-state index contributed by atoms with van der Waals surface area (Å²) in [5.74, 6) is -18.5. The van der Waals surface area contributed by atoms with Crippen molar-refractivity contribution in [2.24, 2.45) is 5.92 Å². The van der Waals surface area contributed by atoms with E-state index in [4.69, 9.17) is 18.9 Å². The predicted octanol–water partition coefficient (Wildman–Crippen LogP) is 11.0. The molecule has 2 amide bonds. The Kier molecular flexibility index (Phi) is 32.6. The first-order chi connectivity index (χ1) is 37.1. The Morgan fingerprint density at radius 2 is 1.04 bits per heavy atom. The number of unbranched alkanes of at least 4 members (excludes halogenated alkanes) is 13. The number of amides is 2. The number of carbonyl (C=O) groups excluding carboxylic acids is 2. The monoisotopic (exact) mass is 1090 g/mol. The van der Waals surface area contributed by atoms with Crippen molar-refractivity contribution < 1.29 is 80.2 Å². The summed E-state index contributed by atoms with van der Waals surface area (Å²) in [6.45, 7) is 1.93. The van der Waals surface area contributed by atoms with Gasteiger partial charge in [0.25, 0.3) is 0 Å². The molecule has 14 nitrogen and oxygen atoms in total. The molecule has 0 saturated carbocycles. The SMILES string of the molecule is CCCCCCCCCCCN(C(=O)CCCCCCCCC(Cc1ccccc1)C(=O)O)C(CCC(=O)NCCOCCOCCOCCOCC(C(=O)O)c1c(F)c(F)c(F)c(F)c1F)(Cc1ccccc1)C(=O)O. The Morgan fingerprint density at radius 3 is 1.57 bits per heavy atom. The summed E-state index contributed by atoms with van der Waals surface area (Å²) in [4.78, 5) is 66.4. The molecule has 3 unspecified atom stereocenters. The molecule has 430 valence electrons. The van der Waals surface area contributed by atoms with E-state index in [1.165, 1.54) is 30.6 Å². The van der Waals surface area contributed by atoms with E-state index in [0.29, 0.717) is 25.7 Å². The van der Waals surface area contributed by atoms with Crippen LogP contribution in [0.4, 0.5) is 22.0 Å². The van der Waals surface area contributed by atoms with Gasteiger partial charge in [0.15, 0.2) is 23.3 Å². The number of rotatable bonds is 45. The molecule has 3 aromatic rings. The lowest BCUT2D eigenvalue weighted by molar-refractivity contribution is -0.161. The van der Waals surface area contributed by atoms with Crippen LogP contribution in [0.15, 0.2) is 60.7 Å². The fourth-order valence-corrected chi connectivity index (χ4v) is 9.17. The van der Waals surface area contributed by atoms with Gasteiger partial charge < -0.3 is 44.5 Å². The summed E-state index contributed by atoms with van der Waals surface area (Å²) >= 11 is 0. The van der Waals surface area contributed by atoms with Crippen molar-refractivity contribution in [2.45, 2.75) is 153 Å². The third-order valence-corrected chi connectivity index (χ3v) is 13.5. The quantitative estimate of drug-likeness (QED) is 0.0181. The van der Waals surface area contributed by atoms with Crippen LogP contribution in [0.1, 0.15) is 152 Å². The fourth-order valence-electron chi connectivity index (χ4n) is 9.17. The number of nitrogens with one attached hydrogen (secondary N) is 1. The van der Waals surface area contributed by atoms with Crippen LogP contribution in [0.2, 0.25) is 0 Å². The van der Waals surface area contributed by atoms with Gasteiger partial charge in [-0.2, -0.15) is 0 Å². The second-order valence-electron chi connectivity index (χ2n) is 19.4. The van der Waals surface area contributed by atoms with E-state index in [0.717, 1.165) is 68.9 Å². The Hall–Kier alpha value is -5.50. The van der Waals surface area contributed by atoms with E-state index in [-0.39, 0.29) is 90.9 Å². The molecule has 0 aromatic heterocycles. The maximum absolute atomic E-state index is 14.4. The number of halogens is 5. The smallest absolute Gasteiger partial charge is 0.329 e. The highest BCUT2D eigenvalue weighted by atomic mass is 19.2. The van der Waals surface area contributed by atoms with Crippen molar-refractivity contribution in [1.82, 2.24) is 10.2 Å². The highest BCUT2D eigenvalue weighted by Gasteiger charge is 2.46. The van der Waals surface area contributed by atoms with Gasteiger partial charge in [-0.05, 0) is 43.2 Å². The first kappa shape index (κ1) is 65.8. The van der Waals surface area contributed by atoms with Gasteiger partial charge >= 0.3 is 17.9 Å². The number of hydrogen-bond donors (Lipinski definition) is 4. The van der Waals surface area contributed by atoms with E-state index in [1.54, 1.807) is 0 Å². The highest BCUT2D eigenvalue weighted by Crippen LogP contribution is 2.32. The summed E-state index contributed by atoms with van der Waals surface area (Å²) in [6, 6.07) is 18.7. The average molecular weight is 1090 g/mol. The lowest BCUT2D eigenvalue weighted by atomic mass is 9.83. The maximum Gasteiger partial charge on any atom is 0.329 e. The molecule has 4 N–H and O–H groups in total. The maximum atomic E-state index is 14.4. The molecule has 0 radical (unpaired) electrons. The largest absolute Gasteiger partial charge is 0.481 e. The molecule has 77 heavy (non-hydrogen) atoms. The molecule has 0 aliphatic heterocycles. The van der Waals surface area contributed by atoms with E-state index in [1.807, 2.05) is 60.7 Å². The first-order valence-corrected chi connectivity index (χ1v) is 27.3. The van der Waals surface area contributed by atoms with Gasteiger partial charge in [0.1, 0.15) is 11.5 Å². The number of carboxylic acid groups (broad SMARTS) is 3. The van der Waals surface area contributed by atoms with Gasteiger partial charge in [-0.15, -0.1) is 0 Å². The number of aliphatic carboxylic acids is 3. The van der Waals surface area contributed by atoms with Gasteiger partial charge in [-0.1, -0.05) is 151 Å². The number of carbonyl (C=O) groups is 5.